The van der Waals surface area contributed by atoms with Crippen LogP contribution in [-0.4, -0.2) is 48.5 Å². The fourth-order valence-corrected chi connectivity index (χ4v) is 6.10. The maximum Gasteiger partial charge on any atom is 0.138 e. The number of nitrogens with one attached hydrogen (secondary N) is 1. The van der Waals surface area contributed by atoms with Gasteiger partial charge in [0.25, 0.3) is 0 Å². The molecule has 2 N–H and O–H groups in total. The highest BCUT2D eigenvalue weighted by atomic mass is 16.3. The maximum atomic E-state index is 10.4. The van der Waals surface area contributed by atoms with Crippen LogP contribution in [0, 0.1) is 0 Å². The van der Waals surface area contributed by atoms with E-state index in [0.29, 0.717) is 24.5 Å². The van der Waals surface area contributed by atoms with E-state index in [9.17, 15) is 5.11 Å². The Bertz CT molecular complexity index is 1730. The summed E-state index contributed by atoms with van der Waals surface area (Å²) in [6, 6.07) is 35.5. The molecule has 8 nitrogen and oxygen atoms in total. The van der Waals surface area contributed by atoms with Crippen molar-refractivity contribution in [3.8, 4) is 0 Å². The van der Waals surface area contributed by atoms with Gasteiger partial charge in [-0.15, -0.1) is 0 Å². The molecule has 214 valence electrons. The third-order valence-electron chi connectivity index (χ3n) is 8.42. The number of benzene rings is 3. The Morgan fingerprint density at radius 1 is 0.721 bits per heavy atom. The number of pyridine rings is 1. The summed E-state index contributed by atoms with van der Waals surface area (Å²) in [6.45, 7) is 3.38. The van der Waals surface area contributed by atoms with Crippen LogP contribution in [0.2, 0.25) is 0 Å². The van der Waals surface area contributed by atoms with E-state index in [-0.39, 0.29) is 0 Å². The van der Waals surface area contributed by atoms with E-state index < -0.39 is 11.1 Å². The molecule has 1 aliphatic rings. The molecule has 0 bridgehead atoms. The van der Waals surface area contributed by atoms with Crippen molar-refractivity contribution in [1.29, 1.82) is 0 Å². The molecule has 8 heteroatoms. The first-order valence-corrected chi connectivity index (χ1v) is 14.6. The Morgan fingerprint density at radius 3 is 1.86 bits per heavy atom. The Labute approximate surface area is 250 Å². The largest absolute Gasteiger partial charge is 0.390 e. The van der Waals surface area contributed by atoms with Crippen molar-refractivity contribution in [2.45, 2.75) is 30.9 Å². The van der Waals surface area contributed by atoms with Crippen LogP contribution in [0.4, 0.5) is 17.5 Å². The van der Waals surface area contributed by atoms with Gasteiger partial charge in [0, 0.05) is 36.8 Å². The van der Waals surface area contributed by atoms with Crippen LogP contribution < -0.4 is 10.2 Å². The van der Waals surface area contributed by atoms with Crippen molar-refractivity contribution in [3.63, 3.8) is 0 Å². The van der Waals surface area contributed by atoms with Crippen molar-refractivity contribution in [2.75, 3.05) is 23.3 Å². The van der Waals surface area contributed by atoms with E-state index in [2.05, 4.69) is 97.7 Å². The lowest BCUT2D eigenvalue weighted by atomic mass is 9.77. The lowest BCUT2D eigenvalue weighted by molar-refractivity contribution is 0.0350. The topological polar surface area (TPSA) is 92.0 Å². The van der Waals surface area contributed by atoms with Crippen LogP contribution in [-0.2, 0) is 5.54 Å². The highest BCUT2D eigenvalue weighted by Crippen LogP contribution is 2.42. The first-order valence-electron chi connectivity index (χ1n) is 14.6. The van der Waals surface area contributed by atoms with Crippen LogP contribution in [0.5, 0.6) is 0 Å². The molecular formula is C35H33N7O. The van der Waals surface area contributed by atoms with Crippen LogP contribution in [0.3, 0.4) is 0 Å². The third-order valence-corrected chi connectivity index (χ3v) is 8.42. The minimum atomic E-state index is -0.734. The van der Waals surface area contributed by atoms with Crippen molar-refractivity contribution >= 4 is 28.4 Å². The lowest BCUT2D eigenvalue weighted by Crippen LogP contribution is -2.42. The minimum Gasteiger partial charge on any atom is -0.390 e. The molecule has 4 heterocycles. The molecule has 1 fully saturated rings. The molecule has 1 aliphatic heterocycles. The van der Waals surface area contributed by atoms with Crippen LogP contribution in [0.1, 0.15) is 36.5 Å². The second kappa shape index (κ2) is 11.0. The number of anilines is 3. The fraction of sp³-hybridized carbons (Fsp3) is 0.200. The van der Waals surface area contributed by atoms with E-state index in [1.807, 2.05) is 49.6 Å². The standard InChI is InChI=1S/C35H33N7O/c1-34(43)17-19-41(20-18-34)33-22-32(37-25-38-33)40-31-21-30-26(23-36-31)24-39-42(30)35(27-11-5-2-6-12-27,28-13-7-3-8-14-28)29-15-9-4-10-16-29/h2-16,21-25,43H,17-20H2,1H3,(H,36,37,38,40). The highest BCUT2D eigenvalue weighted by molar-refractivity contribution is 5.82. The predicted molar refractivity (Wildman–Crippen MR) is 170 cm³/mol. The Balaban J connectivity index is 1.33. The second-order valence-electron chi connectivity index (χ2n) is 11.4. The number of piperidine rings is 1. The van der Waals surface area contributed by atoms with Gasteiger partial charge in [0.1, 0.15) is 29.3 Å². The van der Waals surface area contributed by atoms with Crippen molar-refractivity contribution in [3.05, 3.63) is 139 Å². The number of rotatable bonds is 7. The molecule has 43 heavy (non-hydrogen) atoms. The fourth-order valence-electron chi connectivity index (χ4n) is 6.10. The van der Waals surface area contributed by atoms with Gasteiger partial charge >= 0.3 is 0 Å². The maximum absolute atomic E-state index is 10.4. The highest BCUT2D eigenvalue weighted by Gasteiger charge is 2.40. The summed E-state index contributed by atoms with van der Waals surface area (Å²) in [7, 11) is 0. The van der Waals surface area contributed by atoms with Gasteiger partial charge in [-0.05, 0) is 36.5 Å². The zero-order valence-electron chi connectivity index (χ0n) is 24.0. The number of hydrogen-bond donors (Lipinski definition) is 2. The second-order valence-corrected chi connectivity index (χ2v) is 11.4. The van der Waals surface area contributed by atoms with E-state index in [4.69, 9.17) is 10.1 Å². The SMILES string of the molecule is CC1(O)CCN(c2cc(Nc3cc4c(cn3)cnn4C(c3ccccc3)(c3ccccc3)c3ccccc3)ncn2)CC1. The molecule has 0 radical (unpaired) electrons. The Hall–Kier alpha value is -5.08. The molecule has 3 aromatic carbocycles. The summed E-state index contributed by atoms with van der Waals surface area (Å²) in [5, 5.41) is 19.7. The number of aliphatic hydroxyl groups is 1. The van der Waals surface area contributed by atoms with Crippen LogP contribution >= 0.6 is 0 Å². The summed E-state index contributed by atoms with van der Waals surface area (Å²) >= 11 is 0. The zero-order valence-corrected chi connectivity index (χ0v) is 24.0. The average Bonchev–Trinajstić information content (AvgIpc) is 3.47. The molecule has 1 saturated heterocycles. The summed E-state index contributed by atoms with van der Waals surface area (Å²) in [5.74, 6) is 2.14. The van der Waals surface area contributed by atoms with Crippen LogP contribution in [0.25, 0.3) is 10.9 Å². The molecule has 0 aliphatic carbocycles. The summed E-state index contributed by atoms with van der Waals surface area (Å²) in [5.41, 5.74) is 2.88. The van der Waals surface area contributed by atoms with E-state index >= 15 is 0 Å². The van der Waals surface area contributed by atoms with Crippen molar-refractivity contribution in [2.24, 2.45) is 0 Å². The minimum absolute atomic E-state index is 0.624. The van der Waals surface area contributed by atoms with Gasteiger partial charge in [-0.1, -0.05) is 91.0 Å². The molecule has 7 rings (SSSR count). The Morgan fingerprint density at radius 2 is 1.28 bits per heavy atom. The number of hydrogen-bond acceptors (Lipinski definition) is 7. The summed E-state index contributed by atoms with van der Waals surface area (Å²) < 4.78 is 2.11. The third kappa shape index (κ3) is 5.00. The van der Waals surface area contributed by atoms with Gasteiger partial charge in [-0.2, -0.15) is 5.10 Å². The van der Waals surface area contributed by atoms with Crippen molar-refractivity contribution in [1.82, 2.24) is 24.7 Å². The lowest BCUT2D eigenvalue weighted by Gasteiger charge is -2.37. The average molecular weight is 568 g/mol. The summed E-state index contributed by atoms with van der Waals surface area (Å²) in [6.07, 6.45) is 6.70. The predicted octanol–water partition coefficient (Wildman–Crippen LogP) is 6.16. The van der Waals surface area contributed by atoms with E-state index in [1.165, 1.54) is 0 Å². The van der Waals surface area contributed by atoms with Gasteiger partial charge in [-0.25, -0.2) is 19.6 Å². The molecule has 0 saturated carbocycles. The van der Waals surface area contributed by atoms with Gasteiger partial charge in [0.15, 0.2) is 0 Å². The number of fused-ring (bicyclic) bond motifs is 1. The molecular weight excluding hydrogens is 534 g/mol. The number of nitrogens with zero attached hydrogens (tertiary/aromatic N) is 6. The quantitative estimate of drug-likeness (QED) is 0.223. The molecule has 0 atom stereocenters. The zero-order chi connectivity index (χ0) is 29.3. The van der Waals surface area contributed by atoms with Gasteiger partial charge in [0.2, 0.25) is 0 Å². The first-order chi connectivity index (χ1) is 21.0. The first kappa shape index (κ1) is 26.8. The molecule has 0 unspecified atom stereocenters. The van der Waals surface area contributed by atoms with Crippen LogP contribution in [0.15, 0.2) is 122 Å². The molecule has 3 aromatic heterocycles. The molecule has 0 amide bonds. The summed E-state index contributed by atoms with van der Waals surface area (Å²) in [4.78, 5) is 15.9. The number of aromatic nitrogens is 5. The van der Waals surface area contributed by atoms with Gasteiger partial charge in [-0.3, -0.25) is 0 Å². The monoisotopic (exact) mass is 567 g/mol. The molecule has 6 aromatic rings. The van der Waals surface area contributed by atoms with Crippen molar-refractivity contribution < 1.29 is 5.11 Å². The van der Waals surface area contributed by atoms with E-state index in [1.54, 1.807) is 6.33 Å². The van der Waals surface area contributed by atoms with E-state index in [0.717, 1.165) is 46.5 Å². The molecule has 0 spiro atoms. The normalized spacial score (nSPS) is 15.0. The van der Waals surface area contributed by atoms with Gasteiger partial charge < -0.3 is 15.3 Å². The van der Waals surface area contributed by atoms with Gasteiger partial charge in [0.05, 0.1) is 17.3 Å². The Kier molecular flexibility index (Phi) is 6.83. The smallest absolute Gasteiger partial charge is 0.138 e.